The molecule has 1 aromatic carbocycles. The Labute approximate surface area is 96.7 Å². The Morgan fingerprint density at radius 1 is 1.40 bits per heavy atom. The fourth-order valence-electron chi connectivity index (χ4n) is 1.45. The van der Waals surface area contributed by atoms with E-state index in [-0.39, 0.29) is 0 Å². The monoisotopic (exact) mass is 266 g/mol. The molecule has 15 heavy (non-hydrogen) atoms. The molecule has 1 aliphatic rings. The maximum absolute atomic E-state index is 10.9. The third-order valence-corrected chi connectivity index (χ3v) is 3.42. The zero-order chi connectivity index (χ0) is 10.9. The van der Waals surface area contributed by atoms with Gasteiger partial charge < -0.3 is 5.11 Å². The van der Waals surface area contributed by atoms with Crippen LogP contribution in [0, 0.1) is 5.41 Å². The lowest BCUT2D eigenvalue weighted by atomic mass is 10.1. The van der Waals surface area contributed by atoms with Crippen LogP contribution in [0.4, 0.5) is 0 Å². The van der Waals surface area contributed by atoms with Gasteiger partial charge >= 0.3 is 5.97 Å². The molecule has 2 nitrogen and oxygen atoms in total. The Hall–Kier alpha value is -1.09. The summed E-state index contributed by atoms with van der Waals surface area (Å²) in [6.45, 7) is 0. The van der Waals surface area contributed by atoms with Crippen molar-refractivity contribution in [2.45, 2.75) is 12.8 Å². The highest BCUT2D eigenvalue weighted by Crippen LogP contribution is 2.47. The molecule has 1 aromatic rings. The van der Waals surface area contributed by atoms with E-state index in [0.29, 0.717) is 0 Å². The van der Waals surface area contributed by atoms with Crippen molar-refractivity contribution in [1.29, 1.82) is 0 Å². The first-order valence-electron chi connectivity index (χ1n) is 4.81. The molecule has 0 heterocycles. The second-order valence-corrected chi connectivity index (χ2v) is 4.67. The van der Waals surface area contributed by atoms with Gasteiger partial charge in [0.05, 0.1) is 5.41 Å². The summed E-state index contributed by atoms with van der Waals surface area (Å²) in [7, 11) is 0. The van der Waals surface area contributed by atoms with Crippen LogP contribution in [-0.2, 0) is 4.79 Å². The number of halogens is 1. The number of aliphatic carboxylic acids is 1. The lowest BCUT2D eigenvalue weighted by Crippen LogP contribution is -2.10. The maximum atomic E-state index is 10.9. The van der Waals surface area contributed by atoms with Crippen molar-refractivity contribution in [1.82, 2.24) is 0 Å². The summed E-state index contributed by atoms with van der Waals surface area (Å²) in [6.07, 6.45) is 5.19. The zero-order valence-electron chi connectivity index (χ0n) is 8.11. The fourth-order valence-corrected chi connectivity index (χ4v) is 1.86. The molecule has 0 spiro atoms. The van der Waals surface area contributed by atoms with Crippen molar-refractivity contribution < 1.29 is 9.90 Å². The van der Waals surface area contributed by atoms with Crippen molar-refractivity contribution in [3.05, 3.63) is 40.4 Å². The molecule has 1 saturated carbocycles. The van der Waals surface area contributed by atoms with Crippen molar-refractivity contribution in [3.8, 4) is 0 Å². The summed E-state index contributed by atoms with van der Waals surface area (Å²) in [4.78, 5) is 10.9. The summed E-state index contributed by atoms with van der Waals surface area (Å²) in [6, 6.07) is 7.77. The van der Waals surface area contributed by atoms with Crippen molar-refractivity contribution in [2.24, 2.45) is 5.41 Å². The van der Waals surface area contributed by atoms with Crippen LogP contribution in [0.2, 0.25) is 0 Å². The van der Waals surface area contributed by atoms with Gasteiger partial charge in [0.25, 0.3) is 0 Å². The lowest BCUT2D eigenvalue weighted by molar-refractivity contribution is -0.141. The van der Waals surface area contributed by atoms with E-state index in [1.165, 1.54) is 0 Å². The van der Waals surface area contributed by atoms with Crippen LogP contribution in [0.15, 0.2) is 34.8 Å². The largest absolute Gasteiger partial charge is 0.481 e. The van der Waals surface area contributed by atoms with Gasteiger partial charge in [-0.05, 0) is 24.5 Å². The van der Waals surface area contributed by atoms with E-state index in [1.807, 2.05) is 30.3 Å². The number of rotatable bonds is 3. The Morgan fingerprint density at radius 3 is 2.60 bits per heavy atom. The Kier molecular flexibility index (Phi) is 2.65. The number of carbonyl (C=O) groups is 1. The Balaban J connectivity index is 2.19. The third kappa shape index (κ3) is 2.12. The Morgan fingerprint density at radius 2 is 2.07 bits per heavy atom. The molecule has 78 valence electrons. The molecule has 2 rings (SSSR count). The quantitative estimate of drug-likeness (QED) is 0.912. The molecule has 0 aromatic heterocycles. The van der Waals surface area contributed by atoms with Crippen LogP contribution in [0.3, 0.4) is 0 Å². The maximum Gasteiger partial charge on any atom is 0.313 e. The molecule has 0 aliphatic heterocycles. The van der Waals surface area contributed by atoms with E-state index in [4.69, 9.17) is 5.11 Å². The predicted molar refractivity (Wildman–Crippen MR) is 62.5 cm³/mol. The summed E-state index contributed by atoms with van der Waals surface area (Å²) >= 11 is 3.42. The van der Waals surface area contributed by atoms with Gasteiger partial charge in [0.15, 0.2) is 0 Å². The molecule has 0 unspecified atom stereocenters. The zero-order valence-corrected chi connectivity index (χ0v) is 9.70. The summed E-state index contributed by atoms with van der Waals surface area (Å²) < 4.78 is 0.988. The second kappa shape index (κ2) is 3.81. The highest BCUT2D eigenvalue weighted by molar-refractivity contribution is 9.10. The first-order valence-corrected chi connectivity index (χ1v) is 5.60. The van der Waals surface area contributed by atoms with Gasteiger partial charge in [0.2, 0.25) is 0 Å². The Bertz CT molecular complexity index is 419. The molecule has 3 heteroatoms. The highest BCUT2D eigenvalue weighted by atomic mass is 79.9. The number of hydrogen-bond donors (Lipinski definition) is 1. The molecular formula is C12H11BrO2. The molecule has 0 saturated heterocycles. The fraction of sp³-hybridized carbons (Fsp3) is 0.250. The summed E-state index contributed by atoms with van der Waals surface area (Å²) in [5.41, 5.74) is 0.431. The molecule has 0 radical (unpaired) electrons. The van der Waals surface area contributed by atoms with Crippen LogP contribution in [0.25, 0.3) is 6.08 Å². The number of hydrogen-bond acceptors (Lipinski definition) is 1. The third-order valence-electron chi connectivity index (χ3n) is 2.70. The van der Waals surface area contributed by atoms with E-state index in [9.17, 15) is 4.79 Å². The molecular weight excluding hydrogens is 256 g/mol. The first kappa shape index (κ1) is 10.4. The van der Waals surface area contributed by atoms with Gasteiger partial charge in [-0.25, -0.2) is 0 Å². The van der Waals surface area contributed by atoms with E-state index in [2.05, 4.69) is 15.9 Å². The van der Waals surface area contributed by atoms with Crippen molar-refractivity contribution >= 4 is 28.0 Å². The van der Waals surface area contributed by atoms with Gasteiger partial charge in [0.1, 0.15) is 0 Å². The highest BCUT2D eigenvalue weighted by Gasteiger charge is 2.47. The second-order valence-electron chi connectivity index (χ2n) is 3.82. The van der Waals surface area contributed by atoms with Crippen molar-refractivity contribution in [3.63, 3.8) is 0 Å². The van der Waals surface area contributed by atoms with Crippen LogP contribution in [0.1, 0.15) is 18.4 Å². The van der Waals surface area contributed by atoms with Gasteiger partial charge in [-0.2, -0.15) is 0 Å². The predicted octanol–water partition coefficient (Wildman–Crippen LogP) is 3.33. The minimum absolute atomic E-state index is 0.588. The molecule has 1 fully saturated rings. The first-order chi connectivity index (χ1) is 7.14. The van der Waals surface area contributed by atoms with Gasteiger partial charge in [-0.3, -0.25) is 4.79 Å². The average molecular weight is 267 g/mol. The summed E-state index contributed by atoms with van der Waals surface area (Å²) in [5.74, 6) is -0.717. The number of benzene rings is 1. The van der Waals surface area contributed by atoms with Crippen LogP contribution in [0.5, 0.6) is 0 Å². The van der Waals surface area contributed by atoms with Gasteiger partial charge in [-0.15, -0.1) is 0 Å². The molecule has 0 bridgehead atoms. The van der Waals surface area contributed by atoms with Crippen LogP contribution >= 0.6 is 15.9 Å². The molecule has 0 amide bonds. The molecule has 1 N–H and O–H groups in total. The normalized spacial score (nSPS) is 17.9. The van der Waals surface area contributed by atoms with Gasteiger partial charge in [0, 0.05) is 4.47 Å². The smallest absolute Gasteiger partial charge is 0.313 e. The van der Waals surface area contributed by atoms with E-state index in [0.717, 1.165) is 22.9 Å². The SMILES string of the molecule is O=C(O)C1(/C=C/c2ccccc2Br)CC1. The number of carboxylic acids is 1. The molecule has 1 aliphatic carbocycles. The average Bonchev–Trinajstić information content (AvgIpc) is 2.98. The van der Waals surface area contributed by atoms with Gasteiger partial charge in [-0.1, -0.05) is 46.3 Å². The van der Waals surface area contributed by atoms with Crippen LogP contribution < -0.4 is 0 Å². The standard InChI is InChI=1S/C12H11BrO2/c13-10-4-2-1-3-9(10)5-6-12(7-8-12)11(14)15/h1-6H,7-8H2,(H,14,15)/b6-5+. The van der Waals surface area contributed by atoms with E-state index in [1.54, 1.807) is 6.08 Å². The topological polar surface area (TPSA) is 37.3 Å². The number of carboxylic acid groups (broad SMARTS) is 1. The van der Waals surface area contributed by atoms with Crippen molar-refractivity contribution in [2.75, 3.05) is 0 Å². The minimum Gasteiger partial charge on any atom is -0.481 e. The van der Waals surface area contributed by atoms with Crippen LogP contribution in [-0.4, -0.2) is 11.1 Å². The van der Waals surface area contributed by atoms with E-state index < -0.39 is 11.4 Å². The molecule has 0 atom stereocenters. The minimum atomic E-state index is -0.717. The summed E-state index contributed by atoms with van der Waals surface area (Å²) in [5, 5.41) is 8.99. The van der Waals surface area contributed by atoms with E-state index >= 15 is 0 Å². The lowest BCUT2D eigenvalue weighted by Gasteiger charge is -2.02.